The van der Waals surface area contributed by atoms with Crippen LogP contribution in [0.15, 0.2) is 16.7 Å². The van der Waals surface area contributed by atoms with Gasteiger partial charge in [-0.2, -0.15) is 0 Å². The lowest BCUT2D eigenvalue weighted by atomic mass is 10.1. The zero-order valence-corrected chi connectivity index (χ0v) is 10.7. The Kier molecular flexibility index (Phi) is 3.43. The quantitative estimate of drug-likeness (QED) is 0.871. The summed E-state index contributed by atoms with van der Waals surface area (Å²) in [5, 5.41) is 6.01. The summed E-state index contributed by atoms with van der Waals surface area (Å²) in [6.45, 7) is 2.78. The van der Waals surface area contributed by atoms with Crippen LogP contribution in [0.3, 0.4) is 0 Å². The molecule has 0 aliphatic carbocycles. The number of amides is 1. The van der Waals surface area contributed by atoms with Gasteiger partial charge in [-0.05, 0) is 47.3 Å². The van der Waals surface area contributed by atoms with Crippen molar-refractivity contribution in [3.05, 3.63) is 22.3 Å². The largest absolute Gasteiger partial charge is 0.357 e. The first-order valence-electron chi connectivity index (χ1n) is 5.34. The van der Waals surface area contributed by atoms with E-state index in [1.165, 1.54) is 0 Å². The molecule has 0 spiro atoms. The lowest BCUT2D eigenvalue weighted by molar-refractivity contribution is -0.123. The van der Waals surface area contributed by atoms with Crippen LogP contribution in [0.1, 0.15) is 18.4 Å². The van der Waals surface area contributed by atoms with Crippen molar-refractivity contribution in [3.8, 4) is 0 Å². The lowest BCUT2D eigenvalue weighted by Gasteiger charge is -2.23. The van der Waals surface area contributed by atoms with Gasteiger partial charge in [-0.25, -0.2) is 4.98 Å². The Balaban J connectivity index is 2.14. The number of aromatic nitrogens is 1. The second kappa shape index (κ2) is 4.82. The van der Waals surface area contributed by atoms with Crippen molar-refractivity contribution >= 4 is 27.7 Å². The monoisotopic (exact) mass is 283 g/mol. The second-order valence-electron chi connectivity index (χ2n) is 3.92. The molecule has 2 N–H and O–H groups in total. The summed E-state index contributed by atoms with van der Waals surface area (Å²) in [6, 6.07) is 1.76. The zero-order valence-electron chi connectivity index (χ0n) is 9.09. The van der Waals surface area contributed by atoms with Crippen LogP contribution in [-0.2, 0) is 4.79 Å². The highest BCUT2D eigenvalue weighted by atomic mass is 79.9. The Labute approximate surface area is 103 Å². The molecule has 0 bridgehead atoms. The fourth-order valence-corrected chi connectivity index (χ4v) is 2.06. The zero-order chi connectivity index (χ0) is 11.5. The van der Waals surface area contributed by atoms with E-state index < -0.39 is 0 Å². The standard InChI is InChI=1S/C11H14BrN3O/c1-7-4-6-13-10(9(7)12)15-8-3-2-5-14-11(8)16/h4,6,8H,2-3,5H2,1H3,(H,13,15)(H,14,16). The van der Waals surface area contributed by atoms with Crippen molar-refractivity contribution in [2.24, 2.45) is 0 Å². The van der Waals surface area contributed by atoms with Crippen molar-refractivity contribution in [2.75, 3.05) is 11.9 Å². The van der Waals surface area contributed by atoms with Crippen molar-refractivity contribution in [1.29, 1.82) is 0 Å². The van der Waals surface area contributed by atoms with Gasteiger partial charge in [0.1, 0.15) is 11.9 Å². The number of carbonyl (C=O) groups excluding carboxylic acids is 1. The Hall–Kier alpha value is -1.10. The molecule has 0 saturated carbocycles. The molecule has 1 aromatic rings. The Morgan fingerprint density at radius 3 is 3.19 bits per heavy atom. The summed E-state index contributed by atoms with van der Waals surface area (Å²) in [4.78, 5) is 15.8. The highest BCUT2D eigenvalue weighted by Gasteiger charge is 2.22. The molecule has 2 rings (SSSR count). The van der Waals surface area contributed by atoms with E-state index in [0.29, 0.717) is 0 Å². The second-order valence-corrected chi connectivity index (χ2v) is 4.71. The third-order valence-electron chi connectivity index (χ3n) is 2.68. The summed E-state index contributed by atoms with van der Waals surface area (Å²) >= 11 is 3.47. The number of rotatable bonds is 2. The molecule has 0 aromatic carbocycles. The van der Waals surface area contributed by atoms with E-state index in [1.54, 1.807) is 6.20 Å². The molecular formula is C11H14BrN3O. The fourth-order valence-electron chi connectivity index (χ4n) is 1.72. The van der Waals surface area contributed by atoms with Crippen LogP contribution in [0.4, 0.5) is 5.82 Å². The number of piperidine rings is 1. The number of halogens is 1. The summed E-state index contributed by atoms with van der Waals surface area (Å²) in [5.41, 5.74) is 1.11. The topological polar surface area (TPSA) is 54.0 Å². The lowest BCUT2D eigenvalue weighted by Crippen LogP contribution is -2.44. The molecule has 16 heavy (non-hydrogen) atoms. The smallest absolute Gasteiger partial charge is 0.242 e. The minimum absolute atomic E-state index is 0.0569. The van der Waals surface area contributed by atoms with Crippen LogP contribution in [0, 0.1) is 6.92 Å². The van der Waals surface area contributed by atoms with Gasteiger partial charge in [0, 0.05) is 12.7 Å². The molecule has 1 atom stereocenters. The molecule has 1 aromatic heterocycles. The normalized spacial score (nSPS) is 20.4. The molecule has 4 nitrogen and oxygen atoms in total. The summed E-state index contributed by atoms with van der Waals surface area (Å²) in [7, 11) is 0. The predicted molar refractivity (Wildman–Crippen MR) is 66.3 cm³/mol. The van der Waals surface area contributed by atoms with Crippen LogP contribution in [-0.4, -0.2) is 23.5 Å². The van der Waals surface area contributed by atoms with E-state index in [2.05, 4.69) is 31.5 Å². The maximum absolute atomic E-state index is 11.6. The first-order valence-corrected chi connectivity index (χ1v) is 6.13. The third-order valence-corrected chi connectivity index (χ3v) is 3.68. The maximum Gasteiger partial charge on any atom is 0.242 e. The van der Waals surface area contributed by atoms with Gasteiger partial charge in [-0.1, -0.05) is 0 Å². The molecule has 0 radical (unpaired) electrons. The van der Waals surface area contributed by atoms with Crippen molar-refractivity contribution < 1.29 is 4.79 Å². The average molecular weight is 284 g/mol. The molecule has 1 aliphatic rings. The number of aryl methyl sites for hydroxylation is 1. The molecule has 1 saturated heterocycles. The SMILES string of the molecule is Cc1ccnc(NC2CCCNC2=O)c1Br. The van der Waals surface area contributed by atoms with Gasteiger partial charge in [0.2, 0.25) is 5.91 Å². The summed E-state index contributed by atoms with van der Waals surface area (Å²) in [6.07, 6.45) is 3.60. The Morgan fingerprint density at radius 2 is 2.44 bits per heavy atom. The summed E-state index contributed by atoms with van der Waals surface area (Å²) < 4.78 is 0.924. The van der Waals surface area contributed by atoms with E-state index in [9.17, 15) is 4.79 Å². The van der Waals surface area contributed by atoms with Gasteiger partial charge in [0.25, 0.3) is 0 Å². The average Bonchev–Trinajstić information content (AvgIpc) is 2.28. The minimum Gasteiger partial charge on any atom is -0.357 e. The van der Waals surface area contributed by atoms with Crippen molar-refractivity contribution in [1.82, 2.24) is 10.3 Å². The van der Waals surface area contributed by atoms with Gasteiger partial charge in [0.15, 0.2) is 0 Å². The van der Waals surface area contributed by atoms with Crippen LogP contribution in [0.5, 0.6) is 0 Å². The number of pyridine rings is 1. The first kappa shape index (κ1) is 11.4. The molecule has 5 heteroatoms. The third kappa shape index (κ3) is 2.35. The molecule has 1 aliphatic heterocycles. The van der Waals surface area contributed by atoms with Crippen LogP contribution >= 0.6 is 15.9 Å². The van der Waals surface area contributed by atoms with Crippen molar-refractivity contribution in [3.63, 3.8) is 0 Å². The number of hydrogen-bond acceptors (Lipinski definition) is 3. The first-order chi connectivity index (χ1) is 7.68. The van der Waals surface area contributed by atoms with Crippen LogP contribution in [0.25, 0.3) is 0 Å². The number of nitrogens with zero attached hydrogens (tertiary/aromatic N) is 1. The highest BCUT2D eigenvalue weighted by Crippen LogP contribution is 2.24. The molecular weight excluding hydrogens is 270 g/mol. The number of carbonyl (C=O) groups is 1. The van der Waals surface area contributed by atoms with E-state index in [1.807, 2.05) is 13.0 Å². The van der Waals surface area contributed by atoms with Gasteiger partial charge >= 0.3 is 0 Å². The minimum atomic E-state index is -0.167. The predicted octanol–water partition coefficient (Wildman–Crippen LogP) is 1.84. The highest BCUT2D eigenvalue weighted by molar-refractivity contribution is 9.10. The van der Waals surface area contributed by atoms with Crippen LogP contribution in [0.2, 0.25) is 0 Å². The van der Waals surface area contributed by atoms with Gasteiger partial charge in [-0.3, -0.25) is 4.79 Å². The molecule has 86 valence electrons. The van der Waals surface area contributed by atoms with E-state index in [-0.39, 0.29) is 11.9 Å². The molecule has 1 fully saturated rings. The van der Waals surface area contributed by atoms with E-state index >= 15 is 0 Å². The number of nitrogens with one attached hydrogen (secondary N) is 2. The molecule has 1 amide bonds. The van der Waals surface area contributed by atoms with Gasteiger partial charge < -0.3 is 10.6 Å². The fraction of sp³-hybridized carbons (Fsp3) is 0.455. The van der Waals surface area contributed by atoms with E-state index in [0.717, 1.165) is 35.2 Å². The number of hydrogen-bond donors (Lipinski definition) is 2. The number of anilines is 1. The van der Waals surface area contributed by atoms with E-state index in [4.69, 9.17) is 0 Å². The Morgan fingerprint density at radius 1 is 1.62 bits per heavy atom. The summed E-state index contributed by atoms with van der Waals surface area (Å²) in [5.74, 6) is 0.795. The molecule has 1 unspecified atom stereocenters. The Bertz CT molecular complexity index is 408. The van der Waals surface area contributed by atoms with Crippen molar-refractivity contribution in [2.45, 2.75) is 25.8 Å². The van der Waals surface area contributed by atoms with Crippen LogP contribution < -0.4 is 10.6 Å². The van der Waals surface area contributed by atoms with Gasteiger partial charge in [-0.15, -0.1) is 0 Å². The van der Waals surface area contributed by atoms with Gasteiger partial charge in [0.05, 0.1) is 4.47 Å². The molecule has 2 heterocycles. The maximum atomic E-state index is 11.6.